The molecule has 0 bridgehead atoms. The molecule has 5 nitrogen and oxygen atoms in total. The van der Waals surface area contributed by atoms with Crippen LogP contribution in [0.15, 0.2) is 42.6 Å². The van der Waals surface area contributed by atoms with Crippen LogP contribution in [0.5, 0.6) is 0 Å². The molecule has 156 valence electrons. The van der Waals surface area contributed by atoms with Crippen LogP contribution in [0.2, 0.25) is 0 Å². The number of carbonyl (C=O) groups is 1. The number of ether oxygens (including phenoxy) is 1. The predicted octanol–water partition coefficient (Wildman–Crippen LogP) is 6.02. The number of nitrogens with zero attached hydrogens (tertiary/aromatic N) is 2. The fraction of sp³-hybridized carbons (Fsp3) is 0.440. The van der Waals surface area contributed by atoms with Gasteiger partial charge in [-0.05, 0) is 82.7 Å². The van der Waals surface area contributed by atoms with Gasteiger partial charge in [0.05, 0.1) is 5.52 Å². The summed E-state index contributed by atoms with van der Waals surface area (Å²) >= 11 is 0. The largest absolute Gasteiger partial charge is 0.456 e. The lowest BCUT2D eigenvalue weighted by Gasteiger charge is -2.21. The molecule has 0 saturated heterocycles. The summed E-state index contributed by atoms with van der Waals surface area (Å²) in [5, 5.41) is 4.61. The summed E-state index contributed by atoms with van der Waals surface area (Å²) in [6, 6.07) is 12.2. The second-order valence-corrected chi connectivity index (χ2v) is 9.68. The Labute approximate surface area is 177 Å². The Morgan fingerprint density at radius 1 is 1.13 bits per heavy atom. The molecule has 2 aromatic heterocycles. The first-order valence-electron chi connectivity index (χ1n) is 11.0. The zero-order valence-electron chi connectivity index (χ0n) is 17.9. The lowest BCUT2D eigenvalue weighted by Crippen LogP contribution is -2.24. The van der Waals surface area contributed by atoms with Crippen LogP contribution in [0.4, 0.5) is 11.5 Å². The first-order chi connectivity index (χ1) is 14.4. The molecule has 30 heavy (non-hydrogen) atoms. The third-order valence-electron chi connectivity index (χ3n) is 5.75. The molecule has 0 amide bonds. The highest BCUT2D eigenvalue weighted by Crippen LogP contribution is 2.40. The first-order valence-corrected chi connectivity index (χ1v) is 11.0. The molecule has 0 radical (unpaired) electrons. The van der Waals surface area contributed by atoms with Crippen LogP contribution in [0.25, 0.3) is 10.9 Å². The minimum atomic E-state index is -0.552. The molecule has 0 aliphatic heterocycles. The summed E-state index contributed by atoms with van der Waals surface area (Å²) in [5.41, 5.74) is 3.15. The highest BCUT2D eigenvalue weighted by Gasteiger charge is 2.28. The normalized spacial score (nSPS) is 16.6. The van der Waals surface area contributed by atoms with Gasteiger partial charge >= 0.3 is 5.97 Å². The van der Waals surface area contributed by atoms with Crippen LogP contribution in [-0.4, -0.2) is 21.1 Å². The molecule has 2 saturated carbocycles. The number of hydrogen-bond acceptors (Lipinski definition) is 4. The molecule has 3 aromatic rings. The molecular formula is C25H29N3O2. The van der Waals surface area contributed by atoms with Crippen LogP contribution in [0.3, 0.4) is 0 Å². The standard InChI is InChI=1S/C25H29N3O2/c1-25(2,3)30-24(29)19-11-12-20(17-9-10-17)26-23(19)27-21-5-4-6-22-18(21)13-14-28(22)15-16-7-8-16/h4-6,11-14,16-17H,7-10,15H2,1-3H3,(H,26,27). The van der Waals surface area contributed by atoms with Crippen LogP contribution in [0.1, 0.15) is 68.4 Å². The number of esters is 1. The molecule has 1 aromatic carbocycles. The lowest BCUT2D eigenvalue weighted by atomic mass is 10.1. The van der Waals surface area contributed by atoms with Gasteiger partial charge in [0, 0.05) is 35.4 Å². The van der Waals surface area contributed by atoms with E-state index in [4.69, 9.17) is 9.72 Å². The van der Waals surface area contributed by atoms with Gasteiger partial charge in [0.2, 0.25) is 0 Å². The van der Waals surface area contributed by atoms with Gasteiger partial charge in [-0.3, -0.25) is 0 Å². The molecule has 2 fully saturated rings. The van der Waals surface area contributed by atoms with Gasteiger partial charge in [-0.25, -0.2) is 9.78 Å². The summed E-state index contributed by atoms with van der Waals surface area (Å²) in [4.78, 5) is 17.7. The Hall–Kier alpha value is -2.82. The topological polar surface area (TPSA) is 56.1 Å². The summed E-state index contributed by atoms with van der Waals surface area (Å²) < 4.78 is 7.97. The number of benzene rings is 1. The number of aromatic nitrogens is 2. The van der Waals surface area contributed by atoms with Gasteiger partial charge in [-0.2, -0.15) is 0 Å². The van der Waals surface area contributed by atoms with Crippen LogP contribution >= 0.6 is 0 Å². The Morgan fingerprint density at radius 3 is 2.63 bits per heavy atom. The molecule has 0 unspecified atom stereocenters. The van der Waals surface area contributed by atoms with Crippen molar-refractivity contribution >= 4 is 28.4 Å². The number of pyridine rings is 1. The van der Waals surface area contributed by atoms with Gasteiger partial charge in [0.1, 0.15) is 17.0 Å². The summed E-state index contributed by atoms with van der Waals surface area (Å²) in [6.45, 7) is 6.72. The minimum Gasteiger partial charge on any atom is -0.456 e. The van der Waals surface area contributed by atoms with Gasteiger partial charge in [-0.15, -0.1) is 0 Å². The van der Waals surface area contributed by atoms with E-state index in [1.54, 1.807) is 0 Å². The maximum absolute atomic E-state index is 12.9. The van der Waals surface area contributed by atoms with E-state index >= 15 is 0 Å². The Balaban J connectivity index is 1.50. The van der Waals surface area contributed by atoms with Gasteiger partial charge in [0.25, 0.3) is 0 Å². The SMILES string of the molecule is CC(C)(C)OC(=O)c1ccc(C2CC2)nc1Nc1cccc2c1ccn2CC1CC1. The van der Waals surface area contributed by atoms with Crippen molar-refractivity contribution < 1.29 is 9.53 Å². The zero-order valence-corrected chi connectivity index (χ0v) is 17.9. The predicted molar refractivity (Wildman–Crippen MR) is 119 cm³/mol. The van der Waals surface area contributed by atoms with Crippen molar-refractivity contribution in [1.82, 2.24) is 9.55 Å². The van der Waals surface area contributed by atoms with E-state index < -0.39 is 5.60 Å². The molecule has 1 N–H and O–H groups in total. The fourth-order valence-corrected chi connectivity index (χ4v) is 3.87. The van der Waals surface area contributed by atoms with Crippen molar-refractivity contribution in [3.05, 3.63) is 53.9 Å². The van der Waals surface area contributed by atoms with Crippen molar-refractivity contribution in [2.24, 2.45) is 5.92 Å². The number of carbonyl (C=O) groups excluding carboxylic acids is 1. The minimum absolute atomic E-state index is 0.349. The quantitative estimate of drug-likeness (QED) is 0.511. The number of rotatable bonds is 6. The molecule has 2 aliphatic rings. The molecular weight excluding hydrogens is 374 g/mol. The monoisotopic (exact) mass is 403 g/mol. The van der Waals surface area contributed by atoms with Gasteiger partial charge < -0.3 is 14.6 Å². The molecule has 0 atom stereocenters. The van der Waals surface area contributed by atoms with E-state index in [0.717, 1.165) is 42.1 Å². The molecule has 5 heteroatoms. The Kier molecular flexibility index (Phi) is 4.57. The van der Waals surface area contributed by atoms with E-state index in [2.05, 4.69) is 34.3 Å². The first kappa shape index (κ1) is 19.2. The fourth-order valence-electron chi connectivity index (χ4n) is 3.87. The van der Waals surface area contributed by atoms with E-state index in [-0.39, 0.29) is 5.97 Å². The summed E-state index contributed by atoms with van der Waals surface area (Å²) in [7, 11) is 0. The number of anilines is 2. The van der Waals surface area contributed by atoms with E-state index in [1.165, 1.54) is 18.4 Å². The van der Waals surface area contributed by atoms with Crippen molar-refractivity contribution in [3.8, 4) is 0 Å². The Bertz CT molecular complexity index is 1100. The van der Waals surface area contributed by atoms with Gasteiger partial charge in [0.15, 0.2) is 0 Å². The maximum Gasteiger partial charge on any atom is 0.342 e. The van der Waals surface area contributed by atoms with E-state index in [1.807, 2.05) is 39.0 Å². The number of fused-ring (bicyclic) bond motifs is 1. The summed E-state index contributed by atoms with van der Waals surface area (Å²) in [6.07, 6.45) is 7.15. The van der Waals surface area contributed by atoms with Crippen molar-refractivity contribution in [1.29, 1.82) is 0 Å². The maximum atomic E-state index is 12.9. The Morgan fingerprint density at radius 2 is 1.93 bits per heavy atom. The molecule has 2 aliphatic carbocycles. The molecule has 5 rings (SSSR count). The second kappa shape index (κ2) is 7.15. The zero-order chi connectivity index (χ0) is 20.9. The van der Waals surface area contributed by atoms with Gasteiger partial charge in [-0.1, -0.05) is 6.07 Å². The molecule has 2 heterocycles. The van der Waals surface area contributed by atoms with Crippen LogP contribution < -0.4 is 5.32 Å². The third kappa shape index (κ3) is 4.07. The van der Waals surface area contributed by atoms with E-state index in [9.17, 15) is 4.79 Å². The van der Waals surface area contributed by atoms with Crippen LogP contribution in [-0.2, 0) is 11.3 Å². The smallest absolute Gasteiger partial charge is 0.342 e. The summed E-state index contributed by atoms with van der Waals surface area (Å²) in [5.74, 6) is 1.55. The van der Waals surface area contributed by atoms with E-state index in [0.29, 0.717) is 17.3 Å². The highest BCUT2D eigenvalue weighted by molar-refractivity contribution is 5.99. The van der Waals surface area contributed by atoms with Crippen molar-refractivity contribution in [2.45, 2.75) is 64.5 Å². The lowest BCUT2D eigenvalue weighted by molar-refractivity contribution is 0.00703. The second-order valence-electron chi connectivity index (χ2n) is 9.68. The van der Waals surface area contributed by atoms with Crippen molar-refractivity contribution in [2.75, 3.05) is 5.32 Å². The highest BCUT2D eigenvalue weighted by atomic mass is 16.6. The third-order valence-corrected chi connectivity index (χ3v) is 5.75. The van der Waals surface area contributed by atoms with Crippen molar-refractivity contribution in [3.63, 3.8) is 0 Å². The number of nitrogens with one attached hydrogen (secondary N) is 1. The molecule has 0 spiro atoms. The average molecular weight is 404 g/mol. The number of hydrogen-bond donors (Lipinski definition) is 1. The van der Waals surface area contributed by atoms with Crippen LogP contribution in [0, 0.1) is 5.92 Å². The average Bonchev–Trinajstić information content (AvgIpc) is 3.60.